The molecule has 0 fully saturated rings. The van der Waals surface area contributed by atoms with Crippen LogP contribution >= 0.6 is 0 Å². The molecule has 0 aliphatic carbocycles. The predicted octanol–water partition coefficient (Wildman–Crippen LogP) is 2.29. The molecule has 4 nitrogen and oxygen atoms in total. The molecule has 1 rings (SSSR count). The first-order chi connectivity index (χ1) is 8.24. The number of hydrogen-bond acceptors (Lipinski definition) is 4. The normalized spacial score (nSPS) is 24.3. The Kier molecular flexibility index (Phi) is 6.22. The molecular formula is C13H22O4. The van der Waals surface area contributed by atoms with Gasteiger partial charge in [-0.25, -0.2) is 0 Å². The van der Waals surface area contributed by atoms with Crippen LogP contribution in [0.4, 0.5) is 0 Å². The van der Waals surface area contributed by atoms with E-state index < -0.39 is 12.2 Å². The predicted molar refractivity (Wildman–Crippen MR) is 64.5 cm³/mol. The summed E-state index contributed by atoms with van der Waals surface area (Å²) in [6.45, 7) is 2.67. The van der Waals surface area contributed by atoms with Crippen molar-refractivity contribution in [1.29, 1.82) is 0 Å². The van der Waals surface area contributed by atoms with Crippen LogP contribution in [0.1, 0.15) is 32.6 Å². The molecule has 4 heteroatoms. The van der Waals surface area contributed by atoms with Gasteiger partial charge in [0.15, 0.2) is 6.29 Å². The van der Waals surface area contributed by atoms with E-state index >= 15 is 0 Å². The Balaban J connectivity index is 2.69. The fraction of sp³-hybridized carbons (Fsp3) is 0.769. The summed E-state index contributed by atoms with van der Waals surface area (Å²) in [4.78, 5) is 11.8. The molecule has 0 N–H and O–H groups in total. The third-order valence-corrected chi connectivity index (χ3v) is 3.03. The van der Waals surface area contributed by atoms with Crippen molar-refractivity contribution in [3.05, 3.63) is 11.6 Å². The van der Waals surface area contributed by atoms with Crippen molar-refractivity contribution in [3.8, 4) is 0 Å². The lowest BCUT2D eigenvalue weighted by atomic mass is 9.91. The molecule has 0 spiro atoms. The molecule has 17 heavy (non-hydrogen) atoms. The van der Waals surface area contributed by atoms with Crippen molar-refractivity contribution < 1.29 is 19.0 Å². The highest BCUT2D eigenvalue weighted by Crippen LogP contribution is 2.28. The number of carbonyl (C=O) groups excluding carboxylic acids is 1. The Hall–Kier alpha value is -0.870. The molecular weight excluding hydrogens is 220 g/mol. The molecule has 0 aromatic rings. The maximum absolute atomic E-state index is 11.8. The van der Waals surface area contributed by atoms with Crippen LogP contribution in [0, 0.1) is 5.92 Å². The van der Waals surface area contributed by atoms with Crippen molar-refractivity contribution in [2.24, 2.45) is 5.92 Å². The quantitative estimate of drug-likeness (QED) is 0.407. The minimum atomic E-state index is -0.510. The van der Waals surface area contributed by atoms with Crippen LogP contribution in [-0.2, 0) is 19.0 Å². The molecule has 1 heterocycles. The van der Waals surface area contributed by atoms with E-state index in [-0.39, 0.29) is 5.97 Å². The Morgan fingerprint density at radius 1 is 1.47 bits per heavy atom. The van der Waals surface area contributed by atoms with Crippen LogP contribution in [0.3, 0.4) is 0 Å². The van der Waals surface area contributed by atoms with Crippen molar-refractivity contribution in [2.45, 2.75) is 38.9 Å². The average molecular weight is 242 g/mol. The molecule has 0 amide bonds. The second-order valence-corrected chi connectivity index (χ2v) is 4.17. The summed E-state index contributed by atoms with van der Waals surface area (Å²) in [6, 6.07) is 0. The number of rotatable bonds is 6. The van der Waals surface area contributed by atoms with E-state index in [4.69, 9.17) is 14.2 Å². The number of hydrogen-bond donors (Lipinski definition) is 0. The Morgan fingerprint density at radius 3 is 2.82 bits per heavy atom. The van der Waals surface area contributed by atoms with Crippen molar-refractivity contribution in [3.63, 3.8) is 0 Å². The van der Waals surface area contributed by atoms with Crippen LogP contribution in [0.5, 0.6) is 0 Å². The van der Waals surface area contributed by atoms with E-state index in [0.717, 1.165) is 18.4 Å². The zero-order valence-corrected chi connectivity index (χ0v) is 10.9. The summed E-state index contributed by atoms with van der Waals surface area (Å²) in [5.74, 6) is -0.685. The van der Waals surface area contributed by atoms with E-state index in [2.05, 4.69) is 6.92 Å². The third-order valence-electron chi connectivity index (χ3n) is 3.03. The number of methoxy groups -OCH3 is 2. The molecule has 0 aromatic heterocycles. The standard InChI is InChI=1S/C13H22O4/c1-4-5-6-7-10-8-9-17-13(16-3)11(10)12(14)15-2/h8,11,13H,4-7,9H2,1-3H3/t11-,13+/m1/s1. The number of ether oxygens (including phenoxy) is 3. The Bertz CT molecular complexity index is 273. The van der Waals surface area contributed by atoms with E-state index in [0.29, 0.717) is 6.61 Å². The highest BCUT2D eigenvalue weighted by atomic mass is 16.7. The molecule has 0 unspecified atom stereocenters. The van der Waals surface area contributed by atoms with Crippen LogP contribution in [0.15, 0.2) is 11.6 Å². The van der Waals surface area contributed by atoms with Gasteiger partial charge in [-0.2, -0.15) is 0 Å². The fourth-order valence-electron chi connectivity index (χ4n) is 2.08. The van der Waals surface area contributed by atoms with Gasteiger partial charge in [0.1, 0.15) is 5.92 Å². The first kappa shape index (κ1) is 14.2. The van der Waals surface area contributed by atoms with Crippen LogP contribution in [0.25, 0.3) is 0 Å². The van der Waals surface area contributed by atoms with E-state index in [9.17, 15) is 4.79 Å². The minimum Gasteiger partial charge on any atom is -0.468 e. The van der Waals surface area contributed by atoms with Crippen LogP contribution in [0.2, 0.25) is 0 Å². The van der Waals surface area contributed by atoms with Gasteiger partial charge in [0, 0.05) is 7.11 Å². The van der Waals surface area contributed by atoms with E-state index in [1.165, 1.54) is 20.0 Å². The average Bonchev–Trinajstić information content (AvgIpc) is 2.37. The maximum Gasteiger partial charge on any atom is 0.318 e. The van der Waals surface area contributed by atoms with Crippen LogP contribution < -0.4 is 0 Å². The molecule has 98 valence electrons. The first-order valence-electron chi connectivity index (χ1n) is 6.15. The zero-order valence-electron chi connectivity index (χ0n) is 10.9. The molecule has 0 aromatic carbocycles. The largest absolute Gasteiger partial charge is 0.468 e. The lowest BCUT2D eigenvalue weighted by Crippen LogP contribution is -2.37. The Morgan fingerprint density at radius 2 is 2.24 bits per heavy atom. The monoisotopic (exact) mass is 242 g/mol. The molecule has 0 bridgehead atoms. The van der Waals surface area contributed by atoms with Gasteiger partial charge in [-0.1, -0.05) is 31.4 Å². The van der Waals surface area contributed by atoms with Gasteiger partial charge in [0.05, 0.1) is 13.7 Å². The number of unbranched alkanes of at least 4 members (excludes halogenated alkanes) is 2. The fourth-order valence-corrected chi connectivity index (χ4v) is 2.08. The zero-order chi connectivity index (χ0) is 12.7. The van der Waals surface area contributed by atoms with Crippen molar-refractivity contribution in [1.82, 2.24) is 0 Å². The maximum atomic E-state index is 11.8. The molecule has 0 saturated heterocycles. The topological polar surface area (TPSA) is 44.8 Å². The minimum absolute atomic E-state index is 0.278. The molecule has 2 atom stereocenters. The molecule has 0 radical (unpaired) electrons. The van der Waals surface area contributed by atoms with Crippen LogP contribution in [-0.4, -0.2) is 33.1 Å². The summed E-state index contributed by atoms with van der Waals surface area (Å²) in [5, 5.41) is 0. The van der Waals surface area contributed by atoms with E-state index in [1.54, 1.807) is 7.11 Å². The summed E-state index contributed by atoms with van der Waals surface area (Å²) in [5.41, 5.74) is 1.09. The van der Waals surface area contributed by atoms with E-state index in [1.807, 2.05) is 6.08 Å². The Labute approximate surface area is 103 Å². The molecule has 1 aliphatic rings. The van der Waals surface area contributed by atoms with Gasteiger partial charge in [-0.05, 0) is 12.8 Å². The summed E-state index contributed by atoms with van der Waals surface area (Å²) >= 11 is 0. The van der Waals surface area contributed by atoms with Gasteiger partial charge in [-0.3, -0.25) is 4.79 Å². The van der Waals surface area contributed by atoms with Gasteiger partial charge < -0.3 is 14.2 Å². The summed E-state index contributed by atoms with van der Waals surface area (Å²) < 4.78 is 15.4. The van der Waals surface area contributed by atoms with Gasteiger partial charge in [0.25, 0.3) is 0 Å². The first-order valence-corrected chi connectivity index (χ1v) is 6.15. The van der Waals surface area contributed by atoms with Gasteiger partial charge >= 0.3 is 5.97 Å². The lowest BCUT2D eigenvalue weighted by molar-refractivity contribution is -0.177. The third kappa shape index (κ3) is 3.82. The lowest BCUT2D eigenvalue weighted by Gasteiger charge is -2.29. The second-order valence-electron chi connectivity index (χ2n) is 4.17. The number of carbonyl (C=O) groups is 1. The summed E-state index contributed by atoms with van der Waals surface area (Å²) in [6.07, 6.45) is 5.81. The molecule has 1 aliphatic heterocycles. The molecule has 0 saturated carbocycles. The highest BCUT2D eigenvalue weighted by Gasteiger charge is 2.35. The second kappa shape index (κ2) is 7.45. The number of esters is 1. The smallest absolute Gasteiger partial charge is 0.318 e. The van der Waals surface area contributed by atoms with Crippen molar-refractivity contribution in [2.75, 3.05) is 20.8 Å². The highest BCUT2D eigenvalue weighted by molar-refractivity contribution is 5.76. The van der Waals surface area contributed by atoms with Gasteiger partial charge in [0.2, 0.25) is 0 Å². The van der Waals surface area contributed by atoms with Gasteiger partial charge in [-0.15, -0.1) is 0 Å². The SMILES string of the molecule is CCCCCC1=CCO[C@H](OC)[C@H]1C(=O)OC. The van der Waals surface area contributed by atoms with Crippen molar-refractivity contribution >= 4 is 5.97 Å². The summed E-state index contributed by atoms with van der Waals surface area (Å²) in [7, 11) is 2.95.